The molecule has 0 aliphatic carbocycles. The molecule has 1 aromatic rings. The lowest BCUT2D eigenvalue weighted by Crippen LogP contribution is -2.48. The van der Waals surface area contributed by atoms with Gasteiger partial charge in [0.2, 0.25) is 5.91 Å². The largest absolute Gasteiger partial charge is 0.459 e. The van der Waals surface area contributed by atoms with E-state index in [1.165, 1.54) is 22.3 Å². The monoisotopic (exact) mass is 303 g/mol. The molecule has 0 saturated carbocycles. The number of hydrogen-bond donors (Lipinski definition) is 1. The van der Waals surface area contributed by atoms with E-state index in [0.29, 0.717) is 25.9 Å². The second kappa shape index (κ2) is 7.31. The summed E-state index contributed by atoms with van der Waals surface area (Å²) in [6, 6.07) is 3.09. The van der Waals surface area contributed by atoms with E-state index in [1.54, 1.807) is 6.07 Å². The van der Waals surface area contributed by atoms with Crippen LogP contribution >= 0.6 is 0 Å². The van der Waals surface area contributed by atoms with Crippen LogP contribution in [0, 0.1) is 12.3 Å². The Balaban J connectivity index is 1.87. The number of rotatable bonds is 5. The third kappa shape index (κ3) is 3.67. The third-order valence-electron chi connectivity index (χ3n) is 3.24. The van der Waals surface area contributed by atoms with Gasteiger partial charge in [-0.3, -0.25) is 19.4 Å². The van der Waals surface area contributed by atoms with Crippen LogP contribution in [-0.2, 0) is 9.59 Å². The van der Waals surface area contributed by atoms with Gasteiger partial charge in [0.05, 0.1) is 12.8 Å². The zero-order chi connectivity index (χ0) is 15.9. The molecule has 1 fully saturated rings. The van der Waals surface area contributed by atoms with E-state index >= 15 is 0 Å². The van der Waals surface area contributed by atoms with Crippen LogP contribution < -0.4 is 5.32 Å². The van der Waals surface area contributed by atoms with Crippen molar-refractivity contribution in [3.05, 3.63) is 24.2 Å². The van der Waals surface area contributed by atoms with Gasteiger partial charge in [-0.05, 0) is 18.6 Å². The molecular weight excluding hydrogens is 286 g/mol. The molecule has 1 N–H and O–H groups in total. The molecule has 1 saturated heterocycles. The van der Waals surface area contributed by atoms with Gasteiger partial charge in [0, 0.05) is 25.9 Å². The van der Waals surface area contributed by atoms with E-state index in [1.807, 2.05) is 0 Å². The van der Waals surface area contributed by atoms with Crippen molar-refractivity contribution in [2.24, 2.45) is 0 Å². The van der Waals surface area contributed by atoms with Gasteiger partial charge in [-0.15, -0.1) is 12.3 Å². The highest BCUT2D eigenvalue weighted by Crippen LogP contribution is 2.13. The van der Waals surface area contributed by atoms with Gasteiger partial charge in [-0.25, -0.2) is 5.01 Å². The van der Waals surface area contributed by atoms with Crippen molar-refractivity contribution in [2.45, 2.75) is 19.3 Å². The zero-order valence-electron chi connectivity index (χ0n) is 12.1. The number of amides is 3. The van der Waals surface area contributed by atoms with Crippen molar-refractivity contribution in [1.82, 2.24) is 15.3 Å². The standard InChI is InChI=1S/C15H17N3O4/c1-2-3-7-13(19)17-8-5-9-18(17)14(20)11-16-15(21)12-6-4-10-22-12/h1,4,6,10H,3,5,7-9,11H2,(H,16,21). The molecule has 0 aromatic carbocycles. The van der Waals surface area contributed by atoms with Crippen LogP contribution in [0.15, 0.2) is 22.8 Å². The topological polar surface area (TPSA) is 82.9 Å². The second-order valence-electron chi connectivity index (χ2n) is 4.75. The summed E-state index contributed by atoms with van der Waals surface area (Å²) in [5.41, 5.74) is 0. The number of hydrogen-bond acceptors (Lipinski definition) is 4. The minimum Gasteiger partial charge on any atom is -0.459 e. The SMILES string of the molecule is C#CCCC(=O)N1CCCN1C(=O)CNC(=O)c1ccco1. The van der Waals surface area contributed by atoms with Crippen molar-refractivity contribution in [3.63, 3.8) is 0 Å². The summed E-state index contributed by atoms with van der Waals surface area (Å²) < 4.78 is 4.94. The molecule has 0 unspecified atom stereocenters. The molecule has 116 valence electrons. The molecule has 22 heavy (non-hydrogen) atoms. The molecule has 0 spiro atoms. The van der Waals surface area contributed by atoms with Crippen LogP contribution in [0.25, 0.3) is 0 Å². The number of furan rings is 1. The Bertz CT molecular complexity index is 588. The number of carbonyl (C=O) groups excluding carboxylic acids is 3. The van der Waals surface area contributed by atoms with Crippen molar-refractivity contribution in [3.8, 4) is 12.3 Å². The van der Waals surface area contributed by atoms with Crippen LogP contribution in [0.1, 0.15) is 29.8 Å². The molecule has 0 bridgehead atoms. The molecule has 1 aliphatic heterocycles. The summed E-state index contributed by atoms with van der Waals surface area (Å²) in [4.78, 5) is 35.8. The molecule has 0 radical (unpaired) electrons. The average molecular weight is 303 g/mol. The highest BCUT2D eigenvalue weighted by atomic mass is 16.3. The fraction of sp³-hybridized carbons (Fsp3) is 0.400. The smallest absolute Gasteiger partial charge is 0.287 e. The molecular formula is C15H17N3O4. The second-order valence-corrected chi connectivity index (χ2v) is 4.75. The summed E-state index contributed by atoms with van der Waals surface area (Å²) in [6.07, 6.45) is 7.77. The van der Waals surface area contributed by atoms with Crippen LogP contribution in [0.2, 0.25) is 0 Å². The first-order valence-corrected chi connectivity index (χ1v) is 6.99. The highest BCUT2D eigenvalue weighted by Gasteiger charge is 2.30. The zero-order valence-corrected chi connectivity index (χ0v) is 12.1. The lowest BCUT2D eigenvalue weighted by Gasteiger charge is -2.27. The molecule has 0 atom stereocenters. The Hall–Kier alpha value is -2.75. The van der Waals surface area contributed by atoms with Gasteiger partial charge in [0.1, 0.15) is 0 Å². The summed E-state index contributed by atoms with van der Waals surface area (Å²) >= 11 is 0. The third-order valence-corrected chi connectivity index (χ3v) is 3.24. The summed E-state index contributed by atoms with van der Waals surface area (Å²) in [6.45, 7) is 0.747. The predicted molar refractivity (Wildman–Crippen MR) is 77.2 cm³/mol. The molecule has 1 aliphatic rings. The van der Waals surface area contributed by atoms with Gasteiger partial charge in [-0.1, -0.05) is 0 Å². The van der Waals surface area contributed by atoms with Crippen molar-refractivity contribution in [2.75, 3.05) is 19.6 Å². The summed E-state index contributed by atoms with van der Waals surface area (Å²) in [7, 11) is 0. The molecule has 7 heteroatoms. The quantitative estimate of drug-likeness (QED) is 0.798. The van der Waals surface area contributed by atoms with Crippen LogP contribution in [0.3, 0.4) is 0 Å². The number of nitrogens with zero attached hydrogens (tertiary/aromatic N) is 2. The Morgan fingerprint density at radius 2 is 2.00 bits per heavy atom. The molecule has 1 aromatic heterocycles. The molecule has 2 heterocycles. The van der Waals surface area contributed by atoms with Crippen LogP contribution in [-0.4, -0.2) is 47.4 Å². The van der Waals surface area contributed by atoms with E-state index < -0.39 is 5.91 Å². The normalized spacial score (nSPS) is 13.8. The minimum atomic E-state index is -0.470. The lowest BCUT2D eigenvalue weighted by molar-refractivity contribution is -0.157. The number of terminal acetylenes is 1. The Labute approximate surface area is 128 Å². The first kappa shape index (κ1) is 15.6. The van der Waals surface area contributed by atoms with Gasteiger partial charge in [0.25, 0.3) is 11.8 Å². The maximum Gasteiger partial charge on any atom is 0.287 e. The van der Waals surface area contributed by atoms with Crippen LogP contribution in [0.5, 0.6) is 0 Å². The van der Waals surface area contributed by atoms with E-state index in [9.17, 15) is 14.4 Å². The van der Waals surface area contributed by atoms with E-state index in [-0.39, 0.29) is 30.5 Å². The van der Waals surface area contributed by atoms with Crippen molar-refractivity contribution >= 4 is 17.7 Å². The first-order valence-electron chi connectivity index (χ1n) is 6.99. The summed E-state index contributed by atoms with van der Waals surface area (Å²) in [5, 5.41) is 5.23. The Morgan fingerprint density at radius 3 is 2.64 bits per heavy atom. The van der Waals surface area contributed by atoms with Crippen molar-refractivity contribution in [1.29, 1.82) is 0 Å². The average Bonchev–Trinajstić information content (AvgIpc) is 3.20. The lowest BCUT2D eigenvalue weighted by atomic mass is 10.3. The minimum absolute atomic E-state index is 0.135. The fourth-order valence-electron chi connectivity index (χ4n) is 2.18. The van der Waals surface area contributed by atoms with E-state index in [4.69, 9.17) is 10.8 Å². The predicted octanol–water partition coefficient (Wildman–Crippen LogP) is 0.399. The van der Waals surface area contributed by atoms with Crippen molar-refractivity contribution < 1.29 is 18.8 Å². The number of hydrazine groups is 1. The molecule has 2 rings (SSSR count). The highest BCUT2D eigenvalue weighted by molar-refractivity contribution is 5.94. The maximum atomic E-state index is 12.2. The number of nitrogens with one attached hydrogen (secondary N) is 1. The van der Waals surface area contributed by atoms with E-state index in [0.717, 1.165) is 0 Å². The van der Waals surface area contributed by atoms with Crippen LogP contribution in [0.4, 0.5) is 0 Å². The van der Waals surface area contributed by atoms with Gasteiger partial charge < -0.3 is 9.73 Å². The number of carbonyl (C=O) groups is 3. The summed E-state index contributed by atoms with van der Waals surface area (Å²) in [5.74, 6) is 1.55. The van der Waals surface area contributed by atoms with Gasteiger partial charge in [-0.2, -0.15) is 0 Å². The van der Waals surface area contributed by atoms with E-state index in [2.05, 4.69) is 11.2 Å². The Kier molecular flexibility index (Phi) is 5.20. The first-order chi connectivity index (χ1) is 10.6. The molecule has 3 amide bonds. The maximum absolute atomic E-state index is 12.2. The fourth-order valence-corrected chi connectivity index (χ4v) is 2.18. The van der Waals surface area contributed by atoms with Gasteiger partial charge >= 0.3 is 0 Å². The van der Waals surface area contributed by atoms with Gasteiger partial charge in [0.15, 0.2) is 5.76 Å². The Morgan fingerprint density at radius 1 is 1.27 bits per heavy atom. The molecule has 7 nitrogen and oxygen atoms in total.